The van der Waals surface area contributed by atoms with Crippen molar-refractivity contribution < 1.29 is 4.74 Å². The third-order valence-corrected chi connectivity index (χ3v) is 4.02. The maximum atomic E-state index is 8.86. The van der Waals surface area contributed by atoms with E-state index in [0.29, 0.717) is 5.56 Å². The topological polar surface area (TPSA) is 45.9 Å². The number of nitrogens with zero attached hydrogens (tertiary/aromatic N) is 2. The van der Waals surface area contributed by atoms with Crippen LogP contribution in [0.2, 0.25) is 0 Å². The van der Waals surface area contributed by atoms with E-state index in [1.165, 1.54) is 12.8 Å². The molecular weight excluding hydrogens is 296 g/mol. The molecule has 1 aromatic heterocycles. The van der Waals surface area contributed by atoms with Gasteiger partial charge >= 0.3 is 0 Å². The zero-order valence-corrected chi connectivity index (χ0v) is 13.8. The molecule has 0 unspecified atom stereocenters. The molecule has 0 bridgehead atoms. The van der Waals surface area contributed by atoms with Crippen molar-refractivity contribution in [3.8, 4) is 23.1 Å². The van der Waals surface area contributed by atoms with Crippen molar-refractivity contribution in [2.75, 3.05) is 6.61 Å². The van der Waals surface area contributed by atoms with Crippen LogP contribution in [0.25, 0.3) is 22.0 Å². The average molecular weight is 316 g/mol. The van der Waals surface area contributed by atoms with Gasteiger partial charge < -0.3 is 4.74 Å². The van der Waals surface area contributed by atoms with E-state index in [9.17, 15) is 0 Å². The van der Waals surface area contributed by atoms with E-state index in [-0.39, 0.29) is 0 Å². The number of benzene rings is 2. The quantitative estimate of drug-likeness (QED) is 0.576. The molecule has 120 valence electrons. The Bertz CT molecular complexity index is 863. The van der Waals surface area contributed by atoms with Gasteiger partial charge in [-0.3, -0.25) is 4.98 Å². The first kappa shape index (κ1) is 16.0. The summed E-state index contributed by atoms with van der Waals surface area (Å²) in [6, 6.07) is 18.2. The first-order chi connectivity index (χ1) is 11.8. The SMILES string of the molecule is CCCCCOc1ccc2cc(-c3ccc(C#N)cn3)ccc2c1. The summed E-state index contributed by atoms with van der Waals surface area (Å²) < 4.78 is 5.81. The summed E-state index contributed by atoms with van der Waals surface area (Å²) in [5.41, 5.74) is 2.49. The second-order valence-corrected chi connectivity index (χ2v) is 5.82. The summed E-state index contributed by atoms with van der Waals surface area (Å²) in [6.07, 6.45) is 5.10. The largest absolute Gasteiger partial charge is 0.494 e. The van der Waals surface area contributed by atoms with Crippen molar-refractivity contribution in [2.45, 2.75) is 26.2 Å². The molecule has 1 heterocycles. The van der Waals surface area contributed by atoms with Crippen LogP contribution >= 0.6 is 0 Å². The Kier molecular flexibility index (Phi) is 5.08. The Hall–Kier alpha value is -2.86. The fourth-order valence-electron chi connectivity index (χ4n) is 2.65. The minimum absolute atomic E-state index is 0.574. The highest BCUT2D eigenvalue weighted by atomic mass is 16.5. The number of ether oxygens (including phenoxy) is 1. The summed E-state index contributed by atoms with van der Waals surface area (Å²) in [5, 5.41) is 11.2. The van der Waals surface area contributed by atoms with Crippen LogP contribution in [0.15, 0.2) is 54.7 Å². The number of aromatic nitrogens is 1. The highest BCUT2D eigenvalue weighted by Crippen LogP contribution is 2.26. The van der Waals surface area contributed by atoms with E-state index in [0.717, 1.165) is 40.8 Å². The molecule has 2 aromatic carbocycles. The van der Waals surface area contributed by atoms with Crippen LogP contribution in [0.5, 0.6) is 5.75 Å². The molecule has 0 aliphatic carbocycles. The zero-order chi connectivity index (χ0) is 16.8. The van der Waals surface area contributed by atoms with E-state index in [1.807, 2.05) is 12.1 Å². The lowest BCUT2D eigenvalue weighted by Crippen LogP contribution is -1.96. The summed E-state index contributed by atoms with van der Waals surface area (Å²) >= 11 is 0. The van der Waals surface area contributed by atoms with Gasteiger partial charge in [-0.15, -0.1) is 0 Å². The molecule has 0 radical (unpaired) electrons. The number of rotatable bonds is 6. The van der Waals surface area contributed by atoms with E-state index in [4.69, 9.17) is 10.00 Å². The van der Waals surface area contributed by atoms with Crippen LogP contribution in [0.1, 0.15) is 31.7 Å². The van der Waals surface area contributed by atoms with Gasteiger partial charge in [0.25, 0.3) is 0 Å². The van der Waals surface area contributed by atoms with Gasteiger partial charge in [-0.2, -0.15) is 5.26 Å². The maximum absolute atomic E-state index is 8.86. The summed E-state index contributed by atoms with van der Waals surface area (Å²) in [4.78, 5) is 4.35. The predicted octanol–water partition coefficient (Wildman–Crippen LogP) is 5.34. The molecule has 3 aromatic rings. The van der Waals surface area contributed by atoms with Crippen LogP contribution < -0.4 is 4.74 Å². The van der Waals surface area contributed by atoms with Crippen molar-refractivity contribution in [3.05, 3.63) is 60.3 Å². The van der Waals surface area contributed by atoms with Crippen molar-refractivity contribution in [2.24, 2.45) is 0 Å². The van der Waals surface area contributed by atoms with Gasteiger partial charge in [-0.25, -0.2) is 0 Å². The van der Waals surface area contributed by atoms with Gasteiger partial charge in [-0.05, 0) is 47.5 Å². The number of hydrogen-bond donors (Lipinski definition) is 0. The third kappa shape index (κ3) is 3.72. The molecule has 3 rings (SSSR count). The van der Waals surface area contributed by atoms with Gasteiger partial charge in [0, 0.05) is 11.8 Å². The van der Waals surface area contributed by atoms with E-state index >= 15 is 0 Å². The van der Waals surface area contributed by atoms with Crippen LogP contribution in [0.3, 0.4) is 0 Å². The minimum atomic E-state index is 0.574. The van der Waals surface area contributed by atoms with Crippen LogP contribution in [-0.2, 0) is 0 Å². The number of pyridine rings is 1. The molecule has 0 atom stereocenters. The molecule has 0 aliphatic rings. The normalized spacial score (nSPS) is 10.5. The molecule has 0 N–H and O–H groups in total. The highest BCUT2D eigenvalue weighted by Gasteiger charge is 2.03. The predicted molar refractivity (Wildman–Crippen MR) is 96.9 cm³/mol. The highest BCUT2D eigenvalue weighted by molar-refractivity contribution is 5.87. The Labute approximate surface area is 142 Å². The number of unbranched alkanes of at least 4 members (excludes halogenated alkanes) is 2. The summed E-state index contributed by atoms with van der Waals surface area (Å²) in [5.74, 6) is 0.919. The standard InChI is InChI=1S/C21H20N2O/c1-2-3-4-11-24-20-9-8-17-12-19(7-6-18(17)13-20)21-10-5-16(14-22)15-23-21/h5-10,12-13,15H,2-4,11H2,1H3. The Balaban J connectivity index is 1.80. The summed E-state index contributed by atoms with van der Waals surface area (Å²) in [6.45, 7) is 2.96. The fraction of sp³-hybridized carbons (Fsp3) is 0.238. The monoisotopic (exact) mass is 316 g/mol. The molecule has 0 aliphatic heterocycles. The molecule has 0 saturated carbocycles. The van der Waals surface area contributed by atoms with Gasteiger partial charge in [0.1, 0.15) is 11.8 Å². The molecule has 0 spiro atoms. The second-order valence-electron chi connectivity index (χ2n) is 5.82. The zero-order valence-electron chi connectivity index (χ0n) is 13.8. The first-order valence-corrected chi connectivity index (χ1v) is 8.33. The second kappa shape index (κ2) is 7.61. The molecule has 3 nitrogen and oxygen atoms in total. The average Bonchev–Trinajstić information content (AvgIpc) is 2.65. The van der Waals surface area contributed by atoms with Crippen LogP contribution in [0, 0.1) is 11.3 Å². The number of fused-ring (bicyclic) bond motifs is 1. The lowest BCUT2D eigenvalue weighted by molar-refractivity contribution is 0.306. The fourth-order valence-corrected chi connectivity index (χ4v) is 2.65. The van der Waals surface area contributed by atoms with Gasteiger partial charge in [0.15, 0.2) is 0 Å². The molecular formula is C21H20N2O. The van der Waals surface area contributed by atoms with Crippen molar-refractivity contribution >= 4 is 10.8 Å². The van der Waals surface area contributed by atoms with Crippen molar-refractivity contribution in [3.63, 3.8) is 0 Å². The van der Waals surface area contributed by atoms with Crippen LogP contribution in [0.4, 0.5) is 0 Å². The van der Waals surface area contributed by atoms with Crippen LogP contribution in [-0.4, -0.2) is 11.6 Å². The Morgan fingerprint density at radius 1 is 1.00 bits per heavy atom. The van der Waals surface area contributed by atoms with Gasteiger partial charge in [0.2, 0.25) is 0 Å². The van der Waals surface area contributed by atoms with E-state index in [1.54, 1.807) is 12.3 Å². The molecule has 3 heteroatoms. The summed E-state index contributed by atoms with van der Waals surface area (Å²) in [7, 11) is 0. The molecule has 0 amide bonds. The van der Waals surface area contributed by atoms with Gasteiger partial charge in [-0.1, -0.05) is 38.0 Å². The Morgan fingerprint density at radius 2 is 1.83 bits per heavy atom. The minimum Gasteiger partial charge on any atom is -0.494 e. The first-order valence-electron chi connectivity index (χ1n) is 8.33. The smallest absolute Gasteiger partial charge is 0.119 e. The van der Waals surface area contributed by atoms with E-state index < -0.39 is 0 Å². The molecule has 0 saturated heterocycles. The van der Waals surface area contributed by atoms with E-state index in [2.05, 4.69) is 48.3 Å². The van der Waals surface area contributed by atoms with Crippen molar-refractivity contribution in [1.29, 1.82) is 5.26 Å². The number of nitriles is 1. The lowest BCUT2D eigenvalue weighted by atomic mass is 10.0. The van der Waals surface area contributed by atoms with Gasteiger partial charge in [0.05, 0.1) is 17.9 Å². The maximum Gasteiger partial charge on any atom is 0.119 e. The Morgan fingerprint density at radius 3 is 2.58 bits per heavy atom. The molecule has 24 heavy (non-hydrogen) atoms. The molecule has 0 fully saturated rings. The number of hydrogen-bond acceptors (Lipinski definition) is 3. The van der Waals surface area contributed by atoms with Crippen molar-refractivity contribution in [1.82, 2.24) is 4.98 Å². The lowest BCUT2D eigenvalue weighted by Gasteiger charge is -2.08. The third-order valence-electron chi connectivity index (χ3n) is 4.02.